The van der Waals surface area contributed by atoms with E-state index in [0.29, 0.717) is 13.2 Å². The number of morpholine rings is 1. The number of nitrogens with one attached hydrogen (secondary N) is 2. The maximum atomic E-state index is 12.2. The third kappa shape index (κ3) is 4.04. The van der Waals surface area contributed by atoms with E-state index >= 15 is 0 Å². The fourth-order valence-electron chi connectivity index (χ4n) is 2.30. The zero-order valence-corrected chi connectivity index (χ0v) is 11.4. The first-order valence-electron chi connectivity index (χ1n) is 6.97. The summed E-state index contributed by atoms with van der Waals surface area (Å²) < 4.78 is 5.33. The second-order valence-electron chi connectivity index (χ2n) is 4.84. The molecular formula is C15H22N2O2. The average Bonchev–Trinajstić information content (AvgIpc) is 2.48. The lowest BCUT2D eigenvalue weighted by Gasteiger charge is -2.26. The summed E-state index contributed by atoms with van der Waals surface area (Å²) in [6.45, 7) is 4.01. The molecule has 1 aromatic rings. The minimum absolute atomic E-state index is 0.0296. The van der Waals surface area contributed by atoms with Crippen LogP contribution in [0.15, 0.2) is 30.3 Å². The summed E-state index contributed by atoms with van der Waals surface area (Å²) in [6.07, 6.45) is 1.98. The Hall–Kier alpha value is -1.39. The van der Waals surface area contributed by atoms with Gasteiger partial charge < -0.3 is 15.4 Å². The van der Waals surface area contributed by atoms with Gasteiger partial charge in [-0.15, -0.1) is 0 Å². The molecule has 1 heterocycles. The molecule has 0 bridgehead atoms. The fourth-order valence-corrected chi connectivity index (χ4v) is 2.30. The molecule has 4 nitrogen and oxygen atoms in total. The number of carbonyl (C=O) groups excluding carboxylic acids is 1. The number of carbonyl (C=O) groups is 1. The van der Waals surface area contributed by atoms with Crippen molar-refractivity contribution in [2.75, 3.05) is 19.8 Å². The van der Waals surface area contributed by atoms with Gasteiger partial charge in [0.25, 0.3) is 0 Å². The lowest BCUT2D eigenvalue weighted by atomic mass is 10.0. The van der Waals surface area contributed by atoms with Crippen LogP contribution < -0.4 is 10.6 Å². The fraction of sp³-hybridized carbons (Fsp3) is 0.533. The topological polar surface area (TPSA) is 50.4 Å². The van der Waals surface area contributed by atoms with E-state index in [2.05, 4.69) is 29.7 Å². The van der Waals surface area contributed by atoms with Crippen molar-refractivity contribution >= 4 is 5.91 Å². The van der Waals surface area contributed by atoms with Gasteiger partial charge in [0.2, 0.25) is 5.91 Å². The van der Waals surface area contributed by atoms with Gasteiger partial charge in [0.05, 0.1) is 19.3 Å². The monoisotopic (exact) mass is 262 g/mol. The van der Waals surface area contributed by atoms with E-state index in [1.54, 1.807) is 0 Å². The minimum atomic E-state index is -0.225. The lowest BCUT2D eigenvalue weighted by Crippen LogP contribution is -2.51. The maximum absolute atomic E-state index is 12.2. The van der Waals surface area contributed by atoms with Gasteiger partial charge in [-0.3, -0.25) is 4.79 Å². The van der Waals surface area contributed by atoms with Crippen LogP contribution in [0.4, 0.5) is 0 Å². The highest BCUT2D eigenvalue weighted by atomic mass is 16.5. The first-order valence-corrected chi connectivity index (χ1v) is 6.97. The van der Waals surface area contributed by atoms with Crippen LogP contribution in [0.5, 0.6) is 0 Å². The molecule has 19 heavy (non-hydrogen) atoms. The Morgan fingerprint density at radius 2 is 2.26 bits per heavy atom. The largest absolute Gasteiger partial charge is 0.378 e. The van der Waals surface area contributed by atoms with Crippen molar-refractivity contribution in [1.29, 1.82) is 0 Å². The second kappa shape index (κ2) is 7.26. The predicted octanol–water partition coefficient (Wildman–Crippen LogP) is 1.63. The number of ether oxygens (including phenoxy) is 1. The Morgan fingerprint density at radius 1 is 1.47 bits per heavy atom. The Labute approximate surface area is 114 Å². The molecular weight excluding hydrogens is 240 g/mol. The van der Waals surface area contributed by atoms with E-state index in [9.17, 15) is 4.79 Å². The lowest BCUT2D eigenvalue weighted by molar-refractivity contribution is -0.126. The first-order chi connectivity index (χ1) is 9.31. The van der Waals surface area contributed by atoms with E-state index in [0.717, 1.165) is 24.9 Å². The zero-order valence-electron chi connectivity index (χ0n) is 11.4. The smallest absolute Gasteiger partial charge is 0.240 e. The van der Waals surface area contributed by atoms with Crippen LogP contribution in [0, 0.1) is 0 Å². The van der Waals surface area contributed by atoms with Crippen LogP contribution in [0.2, 0.25) is 0 Å². The highest BCUT2D eigenvalue weighted by Gasteiger charge is 2.23. The summed E-state index contributed by atoms with van der Waals surface area (Å²) in [5.74, 6) is 0.0296. The van der Waals surface area contributed by atoms with Crippen molar-refractivity contribution in [1.82, 2.24) is 10.6 Å². The van der Waals surface area contributed by atoms with Crippen molar-refractivity contribution in [3.05, 3.63) is 35.9 Å². The molecule has 0 saturated carbocycles. The molecule has 1 aliphatic heterocycles. The molecule has 1 aliphatic rings. The third-order valence-corrected chi connectivity index (χ3v) is 3.33. The van der Waals surface area contributed by atoms with E-state index in [1.165, 1.54) is 0 Å². The van der Waals surface area contributed by atoms with E-state index in [1.807, 2.05) is 18.2 Å². The van der Waals surface area contributed by atoms with Crippen LogP contribution >= 0.6 is 0 Å². The highest BCUT2D eigenvalue weighted by molar-refractivity contribution is 5.82. The first kappa shape index (κ1) is 14.0. The Bertz CT molecular complexity index is 388. The van der Waals surface area contributed by atoms with Crippen LogP contribution in [-0.2, 0) is 9.53 Å². The van der Waals surface area contributed by atoms with Gasteiger partial charge in [-0.05, 0) is 12.0 Å². The molecule has 1 saturated heterocycles. The summed E-state index contributed by atoms with van der Waals surface area (Å²) >= 11 is 0. The molecule has 2 unspecified atom stereocenters. The number of hydrogen-bond donors (Lipinski definition) is 2. The predicted molar refractivity (Wildman–Crippen MR) is 74.8 cm³/mol. The van der Waals surface area contributed by atoms with Crippen LogP contribution in [-0.4, -0.2) is 31.7 Å². The van der Waals surface area contributed by atoms with Gasteiger partial charge in [-0.25, -0.2) is 0 Å². The molecule has 0 aromatic heterocycles. The number of benzene rings is 1. The van der Waals surface area contributed by atoms with Gasteiger partial charge in [0, 0.05) is 6.54 Å². The molecule has 4 heteroatoms. The second-order valence-corrected chi connectivity index (χ2v) is 4.84. The SMILES string of the molecule is CCCC(NC(=O)C1COCCN1)c1ccccc1. The van der Waals surface area contributed by atoms with E-state index in [-0.39, 0.29) is 18.0 Å². The molecule has 0 aliphatic carbocycles. The number of amides is 1. The van der Waals surface area contributed by atoms with Crippen molar-refractivity contribution in [3.8, 4) is 0 Å². The van der Waals surface area contributed by atoms with Crippen LogP contribution in [0.1, 0.15) is 31.4 Å². The molecule has 104 valence electrons. The van der Waals surface area contributed by atoms with Gasteiger partial charge >= 0.3 is 0 Å². The Balaban J connectivity index is 1.98. The van der Waals surface area contributed by atoms with Crippen molar-refractivity contribution in [2.24, 2.45) is 0 Å². The summed E-state index contributed by atoms with van der Waals surface area (Å²) in [7, 11) is 0. The molecule has 2 rings (SSSR count). The summed E-state index contributed by atoms with van der Waals surface area (Å²) in [5.41, 5.74) is 1.16. The van der Waals surface area contributed by atoms with Crippen LogP contribution in [0.3, 0.4) is 0 Å². The summed E-state index contributed by atoms with van der Waals surface area (Å²) in [4.78, 5) is 12.2. The van der Waals surface area contributed by atoms with Crippen molar-refractivity contribution < 1.29 is 9.53 Å². The Kier molecular flexibility index (Phi) is 5.36. The molecule has 1 aromatic carbocycles. The highest BCUT2D eigenvalue weighted by Crippen LogP contribution is 2.18. The number of rotatable bonds is 5. The number of hydrogen-bond acceptors (Lipinski definition) is 3. The quantitative estimate of drug-likeness (QED) is 0.848. The third-order valence-electron chi connectivity index (χ3n) is 3.33. The minimum Gasteiger partial charge on any atom is -0.378 e. The van der Waals surface area contributed by atoms with Crippen molar-refractivity contribution in [3.63, 3.8) is 0 Å². The summed E-state index contributed by atoms with van der Waals surface area (Å²) in [5, 5.41) is 6.30. The van der Waals surface area contributed by atoms with E-state index < -0.39 is 0 Å². The van der Waals surface area contributed by atoms with Gasteiger partial charge in [-0.2, -0.15) is 0 Å². The van der Waals surface area contributed by atoms with Gasteiger partial charge in [0.15, 0.2) is 0 Å². The van der Waals surface area contributed by atoms with Crippen LogP contribution in [0.25, 0.3) is 0 Å². The summed E-state index contributed by atoms with van der Waals surface area (Å²) in [6, 6.07) is 9.99. The molecule has 0 spiro atoms. The molecule has 1 fully saturated rings. The standard InChI is InChI=1S/C15H22N2O2/c1-2-6-13(12-7-4-3-5-8-12)17-15(18)14-11-19-10-9-16-14/h3-5,7-8,13-14,16H,2,6,9-11H2,1H3,(H,17,18). The van der Waals surface area contributed by atoms with Gasteiger partial charge in [0.1, 0.15) is 6.04 Å². The van der Waals surface area contributed by atoms with Gasteiger partial charge in [-0.1, -0.05) is 43.7 Å². The van der Waals surface area contributed by atoms with E-state index in [4.69, 9.17) is 4.74 Å². The normalized spacial score (nSPS) is 20.8. The maximum Gasteiger partial charge on any atom is 0.240 e. The van der Waals surface area contributed by atoms with Crippen molar-refractivity contribution in [2.45, 2.75) is 31.8 Å². The Morgan fingerprint density at radius 3 is 2.89 bits per heavy atom. The zero-order chi connectivity index (χ0) is 13.5. The molecule has 1 amide bonds. The molecule has 2 atom stereocenters. The molecule has 0 radical (unpaired) electrons. The average molecular weight is 262 g/mol. The molecule has 2 N–H and O–H groups in total.